The number of rotatable bonds is 8. The summed E-state index contributed by atoms with van der Waals surface area (Å²) in [5.74, 6) is 0. The van der Waals surface area contributed by atoms with Gasteiger partial charge in [-0.25, -0.2) is 16.8 Å². The van der Waals surface area contributed by atoms with Crippen molar-refractivity contribution in [1.29, 1.82) is 0 Å². The summed E-state index contributed by atoms with van der Waals surface area (Å²) in [6.45, 7) is 0. The molecule has 0 heterocycles. The van der Waals surface area contributed by atoms with E-state index < -0.39 is 45.9 Å². The van der Waals surface area contributed by atoms with Gasteiger partial charge >= 0.3 is 59.1 Å². The van der Waals surface area contributed by atoms with E-state index in [2.05, 4.69) is 0 Å². The molecule has 6 aromatic carbocycles. The molecular formula is C34H24Na2O6P2S2. The maximum Gasteiger partial charge on any atom is 1.00 e. The molecule has 0 aromatic heterocycles. The first-order valence-electron chi connectivity index (χ1n) is 13.5. The van der Waals surface area contributed by atoms with Crippen LogP contribution in [0.15, 0.2) is 155 Å². The Hall–Kier alpha value is -1.74. The summed E-state index contributed by atoms with van der Waals surface area (Å²) in [5.41, 5.74) is 0. The zero-order valence-corrected chi connectivity index (χ0v) is 32.4. The molecule has 0 atom stereocenters. The van der Waals surface area contributed by atoms with Crippen molar-refractivity contribution in [3.05, 3.63) is 146 Å². The fourth-order valence-corrected chi connectivity index (χ4v) is 11.6. The smallest absolute Gasteiger partial charge is 0.744 e. The Kier molecular flexibility index (Phi) is 12.6. The third kappa shape index (κ3) is 8.10. The average Bonchev–Trinajstić information content (AvgIpc) is 3.02. The molecule has 12 heteroatoms. The number of hydrogen-bond acceptors (Lipinski definition) is 6. The van der Waals surface area contributed by atoms with Gasteiger partial charge in [0.25, 0.3) is 0 Å². The zero-order chi connectivity index (χ0) is 30.9. The van der Waals surface area contributed by atoms with Crippen LogP contribution in [-0.4, -0.2) is 25.9 Å². The second-order valence-electron chi connectivity index (χ2n) is 9.90. The van der Waals surface area contributed by atoms with E-state index in [1.807, 2.05) is 121 Å². The van der Waals surface area contributed by atoms with Gasteiger partial charge in [-0.3, -0.25) is 0 Å². The molecule has 0 fully saturated rings. The van der Waals surface area contributed by atoms with Crippen LogP contribution in [0.4, 0.5) is 0 Å². The maximum absolute atomic E-state index is 12.5. The van der Waals surface area contributed by atoms with Crippen molar-refractivity contribution >= 4 is 78.7 Å². The van der Waals surface area contributed by atoms with Crippen molar-refractivity contribution in [2.45, 2.75) is 9.79 Å². The van der Waals surface area contributed by atoms with Crippen LogP contribution in [0.25, 0.3) is 10.8 Å². The van der Waals surface area contributed by atoms with Crippen LogP contribution in [0.2, 0.25) is 0 Å². The van der Waals surface area contributed by atoms with Crippen LogP contribution in [0.1, 0.15) is 0 Å². The summed E-state index contributed by atoms with van der Waals surface area (Å²) in [6.07, 6.45) is 0. The molecule has 0 aliphatic heterocycles. The second kappa shape index (κ2) is 15.7. The topological polar surface area (TPSA) is 114 Å². The molecule has 220 valence electrons. The fourth-order valence-electron chi connectivity index (χ4n) is 5.22. The van der Waals surface area contributed by atoms with Crippen LogP contribution in [0, 0.1) is 0 Å². The van der Waals surface area contributed by atoms with E-state index in [9.17, 15) is 25.9 Å². The molecule has 0 radical (unpaired) electrons. The van der Waals surface area contributed by atoms with Gasteiger partial charge in [-0.15, -0.1) is 0 Å². The molecule has 46 heavy (non-hydrogen) atoms. The van der Waals surface area contributed by atoms with Gasteiger partial charge in [0.1, 0.15) is 20.2 Å². The van der Waals surface area contributed by atoms with Crippen LogP contribution in [0.3, 0.4) is 0 Å². The molecule has 6 aromatic rings. The number of benzene rings is 6. The molecule has 0 aliphatic rings. The zero-order valence-electron chi connectivity index (χ0n) is 25.0. The van der Waals surface area contributed by atoms with E-state index in [-0.39, 0.29) is 64.5 Å². The van der Waals surface area contributed by atoms with Crippen molar-refractivity contribution in [1.82, 2.24) is 0 Å². The first-order chi connectivity index (χ1) is 21.1. The van der Waals surface area contributed by atoms with E-state index >= 15 is 0 Å². The Morgan fingerprint density at radius 2 is 0.674 bits per heavy atom. The molecule has 0 spiro atoms. The summed E-state index contributed by atoms with van der Waals surface area (Å²) < 4.78 is 75.3. The van der Waals surface area contributed by atoms with Crippen molar-refractivity contribution in [2.75, 3.05) is 0 Å². The Morgan fingerprint density at radius 3 is 0.913 bits per heavy atom. The molecule has 0 unspecified atom stereocenters. The van der Waals surface area contributed by atoms with Gasteiger partial charge < -0.3 is 9.11 Å². The number of fused-ring (bicyclic) bond motifs is 1. The molecule has 0 aliphatic carbocycles. The quantitative estimate of drug-likeness (QED) is 0.105. The SMILES string of the molecule is O=S(=O)([O-])c1cc(P(c2ccccc2)c2ccccc2)c2c(P(c3ccccc3)c3ccccc3)cc(S(=O)(=O)[O-])cc2c1.[Na+].[Na+]. The van der Waals surface area contributed by atoms with Crippen LogP contribution < -0.4 is 90.9 Å². The van der Waals surface area contributed by atoms with Crippen LogP contribution >= 0.6 is 15.8 Å². The summed E-state index contributed by atoms with van der Waals surface area (Å²) in [7, 11) is -12.8. The van der Waals surface area contributed by atoms with Crippen molar-refractivity contribution in [3.63, 3.8) is 0 Å². The van der Waals surface area contributed by atoms with Gasteiger partial charge in [-0.2, -0.15) is 0 Å². The molecule has 6 nitrogen and oxygen atoms in total. The summed E-state index contributed by atoms with van der Waals surface area (Å²) in [4.78, 5) is -0.982. The van der Waals surface area contributed by atoms with Crippen LogP contribution in [0.5, 0.6) is 0 Å². The first-order valence-corrected chi connectivity index (χ1v) is 19.0. The summed E-state index contributed by atoms with van der Waals surface area (Å²) in [5, 5.41) is 5.60. The molecule has 6 rings (SSSR count). The van der Waals surface area contributed by atoms with E-state index in [0.717, 1.165) is 21.2 Å². The predicted molar refractivity (Wildman–Crippen MR) is 177 cm³/mol. The Morgan fingerprint density at radius 1 is 0.413 bits per heavy atom. The van der Waals surface area contributed by atoms with Gasteiger partial charge in [0.2, 0.25) is 0 Å². The minimum atomic E-state index is -4.96. The Labute approximate surface area is 315 Å². The number of hydrogen-bond donors (Lipinski definition) is 0. The Balaban J connectivity index is 0.00000240. The van der Waals surface area contributed by atoms with Gasteiger partial charge in [0.15, 0.2) is 0 Å². The third-order valence-electron chi connectivity index (χ3n) is 7.07. The predicted octanol–water partition coefficient (Wildman–Crippen LogP) is -1.83. The minimum Gasteiger partial charge on any atom is -0.744 e. The molecule has 0 N–H and O–H groups in total. The van der Waals surface area contributed by atoms with E-state index in [1.54, 1.807) is 0 Å². The average molecular weight is 701 g/mol. The fraction of sp³-hybridized carbons (Fsp3) is 0. The van der Waals surface area contributed by atoms with E-state index in [4.69, 9.17) is 0 Å². The Bertz CT molecular complexity index is 1940. The first kappa shape index (κ1) is 37.1. The summed E-state index contributed by atoms with van der Waals surface area (Å²) >= 11 is 0. The van der Waals surface area contributed by atoms with Crippen molar-refractivity contribution in [3.8, 4) is 0 Å². The second-order valence-corrected chi connectivity index (χ2v) is 17.0. The van der Waals surface area contributed by atoms with Gasteiger partial charge in [0.05, 0.1) is 9.79 Å². The maximum atomic E-state index is 12.5. The van der Waals surface area contributed by atoms with Gasteiger partial charge in [-0.1, -0.05) is 121 Å². The van der Waals surface area contributed by atoms with E-state index in [1.165, 1.54) is 24.3 Å². The molecule has 0 saturated carbocycles. The van der Waals surface area contributed by atoms with Crippen LogP contribution in [-0.2, 0) is 20.2 Å². The third-order valence-corrected chi connectivity index (χ3v) is 13.6. The minimum absolute atomic E-state index is 0. The molecule has 0 saturated heterocycles. The van der Waals surface area contributed by atoms with E-state index in [0.29, 0.717) is 16.0 Å². The summed E-state index contributed by atoms with van der Waals surface area (Å²) in [6, 6.07) is 43.6. The largest absolute Gasteiger partial charge is 1.00 e. The molecular weight excluding hydrogens is 676 g/mol. The molecule has 0 amide bonds. The monoisotopic (exact) mass is 700 g/mol. The normalized spacial score (nSPS) is 11.7. The molecule has 0 bridgehead atoms. The van der Waals surface area contributed by atoms with Crippen molar-refractivity contribution < 1.29 is 85.1 Å². The standard InChI is InChI=1S/C34H26O6P2S2.2Na/c35-43(36,37)30-21-25-22-31(44(38,39)40)24-33(42(28-17-9-3-10-18-28)29-19-11-4-12-20-29)34(25)32(23-30)41(26-13-5-1-6-14-26)27-15-7-2-8-16-27;;/h1-24H,(H,35,36,37)(H,38,39,40);;/q;2*+1/p-2. The van der Waals surface area contributed by atoms with Crippen molar-refractivity contribution in [2.24, 2.45) is 0 Å². The van der Waals surface area contributed by atoms with Gasteiger partial charge in [0, 0.05) is 0 Å². The van der Waals surface area contributed by atoms with Gasteiger partial charge in [-0.05, 0) is 82.7 Å².